The molecule has 0 saturated heterocycles. The first kappa shape index (κ1) is 11.4. The molecule has 0 radical (unpaired) electrons. The van der Waals surface area contributed by atoms with Crippen LogP contribution in [0.3, 0.4) is 0 Å². The Morgan fingerprint density at radius 2 is 2.33 bits per heavy atom. The third-order valence-corrected chi connectivity index (χ3v) is 2.11. The molecular formula is C10H15N3O2. The molecular weight excluding hydrogens is 194 g/mol. The van der Waals surface area contributed by atoms with E-state index in [1.54, 1.807) is 20.0 Å². The maximum absolute atomic E-state index is 11.4. The minimum atomic E-state index is -0.412. The lowest BCUT2D eigenvalue weighted by Crippen LogP contribution is -2.39. The van der Waals surface area contributed by atoms with Crippen LogP contribution in [0, 0.1) is 0 Å². The predicted octanol–water partition coefficient (Wildman–Crippen LogP) is 0.436. The van der Waals surface area contributed by atoms with E-state index >= 15 is 0 Å². The van der Waals surface area contributed by atoms with Gasteiger partial charge in [-0.3, -0.25) is 9.59 Å². The Bertz CT molecular complexity index is 332. The van der Waals surface area contributed by atoms with Gasteiger partial charge in [-0.1, -0.05) is 6.92 Å². The zero-order chi connectivity index (χ0) is 11.3. The standard InChI is InChI=1S/C10H15N3O2/c1-3-9(14)7(2)13-10(15)4-8-5-11-6-12-8/h5-7H,3-4H2,1-2H3,(H,11,12)(H,13,15)/t7-/m0/s1. The van der Waals surface area contributed by atoms with Crippen LogP contribution in [-0.2, 0) is 16.0 Å². The zero-order valence-corrected chi connectivity index (χ0v) is 8.91. The molecule has 0 aliphatic rings. The molecule has 0 spiro atoms. The predicted molar refractivity (Wildman–Crippen MR) is 55.2 cm³/mol. The van der Waals surface area contributed by atoms with Crippen molar-refractivity contribution in [2.24, 2.45) is 0 Å². The number of aromatic amines is 1. The SMILES string of the molecule is CCC(=O)[C@H](C)NC(=O)Cc1cnc[nH]1. The fourth-order valence-electron chi connectivity index (χ4n) is 1.23. The molecule has 0 saturated carbocycles. The molecule has 1 rings (SSSR count). The van der Waals surface area contributed by atoms with Gasteiger partial charge in [0.15, 0.2) is 5.78 Å². The van der Waals surface area contributed by atoms with E-state index in [-0.39, 0.29) is 18.1 Å². The Hall–Kier alpha value is -1.65. The lowest BCUT2D eigenvalue weighted by molar-refractivity contribution is -0.126. The Balaban J connectivity index is 2.39. The summed E-state index contributed by atoms with van der Waals surface area (Å²) in [5, 5.41) is 2.63. The number of carbonyl (C=O) groups excluding carboxylic acids is 2. The number of Topliss-reactive ketones (excluding diaryl/α,β-unsaturated/α-hetero) is 1. The van der Waals surface area contributed by atoms with Crippen LogP contribution >= 0.6 is 0 Å². The van der Waals surface area contributed by atoms with E-state index < -0.39 is 6.04 Å². The van der Waals surface area contributed by atoms with Gasteiger partial charge in [-0.15, -0.1) is 0 Å². The van der Waals surface area contributed by atoms with E-state index in [0.29, 0.717) is 6.42 Å². The van der Waals surface area contributed by atoms with E-state index in [1.807, 2.05) is 0 Å². The molecule has 1 atom stereocenters. The summed E-state index contributed by atoms with van der Waals surface area (Å²) in [7, 11) is 0. The van der Waals surface area contributed by atoms with Crippen molar-refractivity contribution in [3.8, 4) is 0 Å². The summed E-state index contributed by atoms with van der Waals surface area (Å²) in [4.78, 5) is 29.3. The summed E-state index contributed by atoms with van der Waals surface area (Å²) < 4.78 is 0. The average molecular weight is 209 g/mol. The zero-order valence-electron chi connectivity index (χ0n) is 8.91. The molecule has 0 bridgehead atoms. The largest absolute Gasteiger partial charge is 0.348 e. The number of carbonyl (C=O) groups is 2. The first-order valence-corrected chi connectivity index (χ1v) is 4.92. The second-order valence-electron chi connectivity index (χ2n) is 3.36. The molecule has 82 valence electrons. The minimum Gasteiger partial charge on any atom is -0.348 e. The van der Waals surface area contributed by atoms with Crippen molar-refractivity contribution in [2.45, 2.75) is 32.7 Å². The summed E-state index contributed by atoms with van der Waals surface area (Å²) in [6.45, 7) is 3.47. The maximum Gasteiger partial charge on any atom is 0.226 e. The van der Waals surface area contributed by atoms with E-state index in [0.717, 1.165) is 5.69 Å². The quantitative estimate of drug-likeness (QED) is 0.738. The molecule has 0 aromatic carbocycles. The van der Waals surface area contributed by atoms with Gasteiger partial charge in [0.05, 0.1) is 18.8 Å². The van der Waals surface area contributed by atoms with Crippen LogP contribution in [0.1, 0.15) is 26.0 Å². The number of hydrogen-bond acceptors (Lipinski definition) is 3. The van der Waals surface area contributed by atoms with Gasteiger partial charge in [-0.25, -0.2) is 4.98 Å². The molecule has 1 amide bonds. The van der Waals surface area contributed by atoms with Gasteiger partial charge in [-0.2, -0.15) is 0 Å². The second-order valence-corrected chi connectivity index (χ2v) is 3.36. The number of nitrogens with zero attached hydrogens (tertiary/aromatic N) is 1. The molecule has 0 unspecified atom stereocenters. The van der Waals surface area contributed by atoms with Gasteiger partial charge < -0.3 is 10.3 Å². The average Bonchev–Trinajstić information content (AvgIpc) is 2.68. The second kappa shape index (κ2) is 5.29. The summed E-state index contributed by atoms with van der Waals surface area (Å²) in [6.07, 6.45) is 3.77. The number of hydrogen-bond donors (Lipinski definition) is 2. The highest BCUT2D eigenvalue weighted by Crippen LogP contribution is 1.95. The van der Waals surface area contributed by atoms with Crippen molar-refractivity contribution in [1.29, 1.82) is 0 Å². The van der Waals surface area contributed by atoms with E-state index in [1.165, 1.54) is 6.33 Å². The first-order valence-electron chi connectivity index (χ1n) is 4.92. The van der Waals surface area contributed by atoms with Crippen molar-refractivity contribution in [2.75, 3.05) is 0 Å². The van der Waals surface area contributed by atoms with Gasteiger partial charge >= 0.3 is 0 Å². The molecule has 0 aliphatic carbocycles. The third kappa shape index (κ3) is 3.53. The highest BCUT2D eigenvalue weighted by atomic mass is 16.2. The van der Waals surface area contributed by atoms with Crippen LogP contribution < -0.4 is 5.32 Å². The van der Waals surface area contributed by atoms with Crippen LogP contribution in [-0.4, -0.2) is 27.7 Å². The fraction of sp³-hybridized carbons (Fsp3) is 0.500. The monoisotopic (exact) mass is 209 g/mol. The van der Waals surface area contributed by atoms with Crippen LogP contribution in [0.5, 0.6) is 0 Å². The van der Waals surface area contributed by atoms with E-state index in [9.17, 15) is 9.59 Å². The number of aromatic nitrogens is 2. The van der Waals surface area contributed by atoms with Crippen LogP contribution in [0.4, 0.5) is 0 Å². The normalized spacial score (nSPS) is 12.1. The molecule has 0 fully saturated rings. The summed E-state index contributed by atoms with van der Waals surface area (Å²) in [5.74, 6) is -0.137. The van der Waals surface area contributed by atoms with Gasteiger partial charge in [0.2, 0.25) is 5.91 Å². The van der Waals surface area contributed by atoms with Crippen LogP contribution in [0.2, 0.25) is 0 Å². The molecule has 1 heterocycles. The topological polar surface area (TPSA) is 74.8 Å². The number of H-pyrrole nitrogens is 1. The summed E-state index contributed by atoms with van der Waals surface area (Å²) in [5.41, 5.74) is 0.739. The number of nitrogens with one attached hydrogen (secondary N) is 2. The Morgan fingerprint density at radius 3 is 2.87 bits per heavy atom. The number of imidazole rings is 1. The van der Waals surface area contributed by atoms with Crippen molar-refractivity contribution < 1.29 is 9.59 Å². The Kier molecular flexibility index (Phi) is 4.03. The molecule has 1 aromatic heterocycles. The maximum atomic E-state index is 11.4. The Morgan fingerprint density at radius 1 is 1.60 bits per heavy atom. The molecule has 5 heteroatoms. The highest BCUT2D eigenvalue weighted by Gasteiger charge is 2.13. The summed E-state index contributed by atoms with van der Waals surface area (Å²) in [6, 6.07) is -0.412. The van der Waals surface area contributed by atoms with E-state index in [4.69, 9.17) is 0 Å². The van der Waals surface area contributed by atoms with Crippen molar-refractivity contribution in [3.63, 3.8) is 0 Å². The molecule has 15 heavy (non-hydrogen) atoms. The minimum absolute atomic E-state index is 0.0351. The highest BCUT2D eigenvalue weighted by molar-refractivity contribution is 5.88. The molecule has 1 aromatic rings. The Labute approximate surface area is 88.3 Å². The van der Waals surface area contributed by atoms with Crippen LogP contribution in [0.15, 0.2) is 12.5 Å². The van der Waals surface area contributed by atoms with Gasteiger partial charge in [0.1, 0.15) is 0 Å². The van der Waals surface area contributed by atoms with Crippen LogP contribution in [0.25, 0.3) is 0 Å². The third-order valence-electron chi connectivity index (χ3n) is 2.11. The number of rotatable bonds is 5. The smallest absolute Gasteiger partial charge is 0.226 e. The molecule has 0 aliphatic heterocycles. The molecule has 2 N–H and O–H groups in total. The van der Waals surface area contributed by atoms with Gasteiger partial charge in [0, 0.05) is 18.3 Å². The summed E-state index contributed by atoms with van der Waals surface area (Å²) >= 11 is 0. The van der Waals surface area contributed by atoms with Crippen molar-refractivity contribution in [3.05, 3.63) is 18.2 Å². The first-order chi connectivity index (χ1) is 7.13. The van der Waals surface area contributed by atoms with Gasteiger partial charge in [0.25, 0.3) is 0 Å². The van der Waals surface area contributed by atoms with Gasteiger partial charge in [-0.05, 0) is 6.92 Å². The van der Waals surface area contributed by atoms with Crippen molar-refractivity contribution in [1.82, 2.24) is 15.3 Å². The molecule has 5 nitrogen and oxygen atoms in total. The lowest BCUT2D eigenvalue weighted by Gasteiger charge is -2.10. The van der Waals surface area contributed by atoms with E-state index in [2.05, 4.69) is 15.3 Å². The lowest BCUT2D eigenvalue weighted by atomic mass is 10.1. The van der Waals surface area contributed by atoms with Crippen molar-refractivity contribution >= 4 is 11.7 Å². The number of ketones is 1. The number of amides is 1. The fourth-order valence-corrected chi connectivity index (χ4v) is 1.23.